The number of methoxy groups -OCH3 is 2. The molecule has 2 heterocycles. The van der Waals surface area contributed by atoms with E-state index < -0.39 is 5.54 Å². The molecule has 4 aromatic rings. The maximum absolute atomic E-state index is 14.4. The van der Waals surface area contributed by atoms with Gasteiger partial charge in [0, 0.05) is 55.2 Å². The highest BCUT2D eigenvalue weighted by molar-refractivity contribution is 6.01. The second-order valence-electron chi connectivity index (χ2n) is 11.7. The number of nitrogens with zero attached hydrogens (tertiary/aromatic N) is 3. The van der Waals surface area contributed by atoms with E-state index in [4.69, 9.17) is 9.47 Å². The van der Waals surface area contributed by atoms with E-state index in [1.165, 1.54) is 11.3 Å². The summed E-state index contributed by atoms with van der Waals surface area (Å²) in [5.74, 6) is 1.32. The first-order valence-corrected chi connectivity index (χ1v) is 15.5. The molecule has 0 bridgehead atoms. The SMILES string of the molecule is CCN1CCN(c2cccc3c2CN(C(C)(c2cccc(NCc4ccccc4)c2)c2ccc(OC)c(OC)c2)C3=O)CC1. The molecule has 1 N–H and O–H groups in total. The molecule has 1 amide bonds. The van der Waals surface area contributed by atoms with Crippen molar-refractivity contribution in [1.82, 2.24) is 9.80 Å². The van der Waals surface area contributed by atoms with Crippen molar-refractivity contribution in [2.45, 2.75) is 32.5 Å². The lowest BCUT2D eigenvalue weighted by Crippen LogP contribution is -2.46. The van der Waals surface area contributed by atoms with Crippen LogP contribution in [0.25, 0.3) is 0 Å². The zero-order valence-electron chi connectivity index (χ0n) is 26.2. The Labute approximate surface area is 261 Å². The van der Waals surface area contributed by atoms with E-state index in [9.17, 15) is 4.79 Å². The van der Waals surface area contributed by atoms with Crippen LogP contribution in [0.2, 0.25) is 0 Å². The first-order chi connectivity index (χ1) is 21.5. The number of amides is 1. The van der Waals surface area contributed by atoms with Gasteiger partial charge in [0.1, 0.15) is 0 Å². The number of hydrogen-bond acceptors (Lipinski definition) is 6. The number of carbonyl (C=O) groups is 1. The molecule has 1 saturated heterocycles. The Kier molecular flexibility index (Phi) is 8.49. The van der Waals surface area contributed by atoms with Gasteiger partial charge in [0.15, 0.2) is 11.5 Å². The Morgan fingerprint density at radius 2 is 1.52 bits per heavy atom. The van der Waals surface area contributed by atoms with Gasteiger partial charge < -0.3 is 29.5 Å². The monoisotopic (exact) mass is 590 g/mol. The molecule has 7 nitrogen and oxygen atoms in total. The molecule has 0 aromatic heterocycles. The highest BCUT2D eigenvalue weighted by Crippen LogP contribution is 2.45. The number of likely N-dealkylation sites (N-methyl/N-ethyl adjacent to an activating group) is 1. The van der Waals surface area contributed by atoms with Gasteiger partial charge in [-0.3, -0.25) is 4.79 Å². The summed E-state index contributed by atoms with van der Waals surface area (Å²) in [4.78, 5) is 21.4. The molecule has 0 aliphatic carbocycles. The molecule has 1 unspecified atom stereocenters. The average Bonchev–Trinajstić information content (AvgIpc) is 3.44. The summed E-state index contributed by atoms with van der Waals surface area (Å²) in [5.41, 5.74) is 6.43. The van der Waals surface area contributed by atoms with Gasteiger partial charge in [0.05, 0.1) is 26.3 Å². The van der Waals surface area contributed by atoms with Crippen LogP contribution in [0.5, 0.6) is 11.5 Å². The molecule has 4 aromatic carbocycles. The van der Waals surface area contributed by atoms with E-state index >= 15 is 0 Å². The van der Waals surface area contributed by atoms with Crippen molar-refractivity contribution >= 4 is 17.3 Å². The van der Waals surface area contributed by atoms with Gasteiger partial charge in [-0.15, -0.1) is 0 Å². The molecular formula is C37H42N4O3. The predicted molar refractivity (Wildman–Crippen MR) is 177 cm³/mol. The molecule has 1 fully saturated rings. The predicted octanol–water partition coefficient (Wildman–Crippen LogP) is 6.38. The number of nitrogens with one attached hydrogen (secondary N) is 1. The topological polar surface area (TPSA) is 57.3 Å². The second kappa shape index (κ2) is 12.6. The number of fused-ring (bicyclic) bond motifs is 1. The van der Waals surface area contributed by atoms with Gasteiger partial charge in [0.25, 0.3) is 5.91 Å². The number of ether oxygens (including phenoxy) is 2. The third kappa shape index (κ3) is 5.48. The third-order valence-electron chi connectivity index (χ3n) is 9.35. The standard InChI is InChI=1S/C37H42N4O3/c1-5-39-19-21-40(22-20-39)33-16-10-15-31-32(33)26-41(36(31)42)37(2,29-17-18-34(43-3)35(24-29)44-4)28-13-9-14-30(23-28)38-25-27-11-7-6-8-12-27/h6-18,23-24,38H,5,19-22,25-26H2,1-4H3. The summed E-state index contributed by atoms with van der Waals surface area (Å²) in [5, 5.41) is 3.59. The molecule has 0 spiro atoms. The first-order valence-electron chi connectivity index (χ1n) is 15.5. The zero-order chi connectivity index (χ0) is 30.7. The van der Waals surface area contributed by atoms with Gasteiger partial charge >= 0.3 is 0 Å². The summed E-state index contributed by atoms with van der Waals surface area (Å²) in [6.45, 7) is 10.6. The van der Waals surface area contributed by atoms with E-state index in [1.54, 1.807) is 14.2 Å². The highest BCUT2D eigenvalue weighted by atomic mass is 16.5. The highest BCUT2D eigenvalue weighted by Gasteiger charge is 2.44. The van der Waals surface area contributed by atoms with E-state index in [-0.39, 0.29) is 5.91 Å². The zero-order valence-corrected chi connectivity index (χ0v) is 26.2. The maximum atomic E-state index is 14.4. The largest absolute Gasteiger partial charge is 0.493 e. The van der Waals surface area contributed by atoms with Crippen LogP contribution in [-0.2, 0) is 18.6 Å². The van der Waals surface area contributed by atoms with Crippen LogP contribution in [-0.4, -0.2) is 62.7 Å². The van der Waals surface area contributed by atoms with Crippen LogP contribution < -0.4 is 19.7 Å². The van der Waals surface area contributed by atoms with Crippen molar-refractivity contribution in [3.63, 3.8) is 0 Å². The van der Waals surface area contributed by atoms with Crippen molar-refractivity contribution in [1.29, 1.82) is 0 Å². The van der Waals surface area contributed by atoms with Gasteiger partial charge in [0.2, 0.25) is 0 Å². The smallest absolute Gasteiger partial charge is 0.255 e. The lowest BCUT2D eigenvalue weighted by atomic mass is 9.82. The number of rotatable bonds is 10. The van der Waals surface area contributed by atoms with E-state index in [0.29, 0.717) is 24.6 Å². The minimum atomic E-state index is -0.793. The van der Waals surface area contributed by atoms with Crippen molar-refractivity contribution in [3.05, 3.63) is 119 Å². The fraction of sp³-hybridized carbons (Fsp3) is 0.324. The van der Waals surface area contributed by atoms with Crippen LogP contribution in [0.15, 0.2) is 91.0 Å². The lowest BCUT2D eigenvalue weighted by Gasteiger charge is -2.41. The number of anilines is 2. The van der Waals surface area contributed by atoms with E-state index in [0.717, 1.165) is 60.7 Å². The van der Waals surface area contributed by atoms with Crippen molar-refractivity contribution in [2.75, 3.05) is 57.2 Å². The molecule has 228 valence electrons. The average molecular weight is 591 g/mol. The van der Waals surface area contributed by atoms with Gasteiger partial charge in [-0.25, -0.2) is 0 Å². The quantitative estimate of drug-likeness (QED) is 0.232. The van der Waals surface area contributed by atoms with Crippen LogP contribution >= 0.6 is 0 Å². The van der Waals surface area contributed by atoms with E-state index in [2.05, 4.69) is 83.6 Å². The molecule has 0 saturated carbocycles. The Hall–Kier alpha value is -4.49. The normalized spacial score (nSPS) is 16.4. The van der Waals surface area contributed by atoms with Crippen molar-refractivity contribution in [2.24, 2.45) is 0 Å². The Balaban J connectivity index is 1.40. The Morgan fingerprint density at radius 1 is 0.795 bits per heavy atom. The fourth-order valence-electron chi connectivity index (χ4n) is 6.63. The third-order valence-corrected chi connectivity index (χ3v) is 9.35. The minimum absolute atomic E-state index is 0.0361. The number of carbonyl (C=O) groups excluding carboxylic acids is 1. The molecule has 0 radical (unpaired) electrons. The molecule has 6 rings (SSSR count). The van der Waals surface area contributed by atoms with Crippen LogP contribution in [0, 0.1) is 0 Å². The van der Waals surface area contributed by atoms with E-state index in [1.807, 2.05) is 41.3 Å². The molecule has 1 atom stereocenters. The summed E-state index contributed by atoms with van der Waals surface area (Å²) in [7, 11) is 3.29. The van der Waals surface area contributed by atoms with Crippen molar-refractivity contribution in [3.8, 4) is 11.5 Å². The van der Waals surface area contributed by atoms with Gasteiger partial charge in [-0.1, -0.05) is 61.5 Å². The number of benzene rings is 4. The maximum Gasteiger partial charge on any atom is 0.255 e. The lowest BCUT2D eigenvalue weighted by molar-refractivity contribution is 0.0607. The summed E-state index contributed by atoms with van der Waals surface area (Å²) in [6.07, 6.45) is 0. The Morgan fingerprint density at radius 3 is 2.25 bits per heavy atom. The summed E-state index contributed by atoms with van der Waals surface area (Å²) < 4.78 is 11.3. The molecule has 44 heavy (non-hydrogen) atoms. The van der Waals surface area contributed by atoms with Gasteiger partial charge in [-0.05, 0) is 66.6 Å². The second-order valence-corrected chi connectivity index (χ2v) is 11.7. The van der Waals surface area contributed by atoms with Gasteiger partial charge in [-0.2, -0.15) is 0 Å². The first kappa shape index (κ1) is 29.6. The fourth-order valence-corrected chi connectivity index (χ4v) is 6.63. The minimum Gasteiger partial charge on any atom is -0.493 e. The number of hydrogen-bond donors (Lipinski definition) is 1. The molecular weight excluding hydrogens is 548 g/mol. The van der Waals surface area contributed by atoms with Crippen LogP contribution in [0.3, 0.4) is 0 Å². The summed E-state index contributed by atoms with van der Waals surface area (Å²) >= 11 is 0. The van der Waals surface area contributed by atoms with Crippen LogP contribution in [0.1, 0.15) is 46.5 Å². The molecule has 2 aliphatic heterocycles. The van der Waals surface area contributed by atoms with Crippen molar-refractivity contribution < 1.29 is 14.3 Å². The van der Waals surface area contributed by atoms with Crippen LogP contribution in [0.4, 0.5) is 11.4 Å². The number of piperazine rings is 1. The molecule has 7 heteroatoms. The molecule has 2 aliphatic rings. The summed E-state index contributed by atoms with van der Waals surface area (Å²) in [6, 6.07) is 31.0. The Bertz CT molecular complexity index is 1620.